The Morgan fingerprint density at radius 2 is 1.80 bits per heavy atom. The average molecular weight is 387 g/mol. The zero-order chi connectivity index (χ0) is 17.6. The van der Waals surface area contributed by atoms with Crippen LogP contribution in [0.5, 0.6) is 0 Å². The minimum Gasteiger partial charge on any atom is -0.381 e. The average Bonchev–Trinajstić information content (AvgIpc) is 2.65. The molecule has 3 rings (SSSR count). The Bertz CT molecular complexity index is 588. The molecular weight excluding hydrogens is 363 g/mol. The molecule has 0 aliphatic carbocycles. The number of ether oxygens (including phenoxy) is 2. The molecule has 1 aromatic rings. The van der Waals surface area contributed by atoms with Crippen LogP contribution in [0.2, 0.25) is 10.0 Å². The smallest absolute Gasteiger partial charge is 0.255 e. The second-order valence-electron chi connectivity index (χ2n) is 6.42. The normalized spacial score (nSPS) is 19.8. The van der Waals surface area contributed by atoms with Crippen molar-refractivity contribution in [3.8, 4) is 0 Å². The van der Waals surface area contributed by atoms with E-state index >= 15 is 0 Å². The van der Waals surface area contributed by atoms with Crippen LogP contribution in [0.1, 0.15) is 23.2 Å². The Balaban J connectivity index is 1.74. The molecular formula is C18H24Cl2N2O3. The fourth-order valence-electron chi connectivity index (χ4n) is 3.34. The number of carbonyl (C=O) groups is 1. The van der Waals surface area contributed by atoms with Gasteiger partial charge in [-0.3, -0.25) is 9.69 Å². The first-order chi connectivity index (χ1) is 12.1. The van der Waals surface area contributed by atoms with Crippen LogP contribution in [-0.4, -0.2) is 74.4 Å². The van der Waals surface area contributed by atoms with Gasteiger partial charge >= 0.3 is 0 Å². The van der Waals surface area contributed by atoms with E-state index in [4.69, 9.17) is 32.7 Å². The Hall–Kier alpha value is -0.850. The van der Waals surface area contributed by atoms with Gasteiger partial charge in [0.1, 0.15) is 0 Å². The molecule has 0 aromatic heterocycles. The summed E-state index contributed by atoms with van der Waals surface area (Å²) in [6.45, 7) is 6.22. The highest BCUT2D eigenvalue weighted by Crippen LogP contribution is 2.25. The first-order valence-corrected chi connectivity index (χ1v) is 9.54. The van der Waals surface area contributed by atoms with E-state index in [1.54, 1.807) is 18.2 Å². The lowest BCUT2D eigenvalue weighted by Gasteiger charge is -2.36. The topological polar surface area (TPSA) is 42.0 Å². The zero-order valence-electron chi connectivity index (χ0n) is 14.3. The molecule has 0 saturated carbocycles. The summed E-state index contributed by atoms with van der Waals surface area (Å²) in [4.78, 5) is 17.5. The molecule has 0 unspecified atom stereocenters. The number of hydrogen-bond acceptors (Lipinski definition) is 4. The van der Waals surface area contributed by atoms with Gasteiger partial charge in [-0.25, -0.2) is 0 Å². The molecule has 0 spiro atoms. The van der Waals surface area contributed by atoms with Gasteiger partial charge in [0.25, 0.3) is 5.91 Å². The molecule has 2 aliphatic heterocycles. The van der Waals surface area contributed by atoms with Crippen LogP contribution in [0, 0.1) is 0 Å². The number of nitrogens with zero attached hydrogens (tertiary/aromatic N) is 2. The van der Waals surface area contributed by atoms with E-state index in [0.29, 0.717) is 35.4 Å². The van der Waals surface area contributed by atoms with Crippen LogP contribution < -0.4 is 0 Å². The highest BCUT2D eigenvalue weighted by molar-refractivity contribution is 6.35. The third kappa shape index (κ3) is 5.08. The summed E-state index contributed by atoms with van der Waals surface area (Å²) in [6, 6.07) is 5.22. The summed E-state index contributed by atoms with van der Waals surface area (Å²) < 4.78 is 10.9. The van der Waals surface area contributed by atoms with Gasteiger partial charge in [-0.1, -0.05) is 23.2 Å². The predicted molar refractivity (Wildman–Crippen MR) is 98.6 cm³/mol. The summed E-state index contributed by atoms with van der Waals surface area (Å²) in [5.41, 5.74) is 0.475. The number of halogens is 2. The predicted octanol–water partition coefficient (Wildman–Crippen LogP) is 2.95. The maximum Gasteiger partial charge on any atom is 0.255 e. The van der Waals surface area contributed by atoms with Crippen molar-refractivity contribution >= 4 is 29.1 Å². The number of benzene rings is 1. The van der Waals surface area contributed by atoms with Gasteiger partial charge in [0.15, 0.2) is 0 Å². The van der Waals surface area contributed by atoms with Crippen molar-refractivity contribution in [2.45, 2.75) is 18.9 Å². The molecule has 0 bridgehead atoms. The van der Waals surface area contributed by atoms with Gasteiger partial charge in [0, 0.05) is 50.5 Å². The maximum absolute atomic E-state index is 13.2. The molecule has 0 N–H and O–H groups in total. The maximum atomic E-state index is 13.2. The van der Waals surface area contributed by atoms with Crippen LogP contribution >= 0.6 is 23.2 Å². The lowest BCUT2D eigenvalue weighted by Crippen LogP contribution is -2.48. The monoisotopic (exact) mass is 386 g/mol. The fraction of sp³-hybridized carbons (Fsp3) is 0.611. The van der Waals surface area contributed by atoms with Gasteiger partial charge in [-0.15, -0.1) is 0 Å². The highest BCUT2D eigenvalue weighted by Gasteiger charge is 2.28. The van der Waals surface area contributed by atoms with E-state index < -0.39 is 0 Å². The van der Waals surface area contributed by atoms with Gasteiger partial charge in [-0.2, -0.15) is 0 Å². The third-order valence-corrected chi connectivity index (χ3v) is 5.38. The lowest BCUT2D eigenvalue weighted by molar-refractivity contribution is 0.0141. The van der Waals surface area contributed by atoms with Crippen molar-refractivity contribution in [2.24, 2.45) is 0 Å². The molecule has 138 valence electrons. The molecule has 25 heavy (non-hydrogen) atoms. The Kier molecular flexibility index (Phi) is 6.96. The summed E-state index contributed by atoms with van der Waals surface area (Å²) in [6.07, 6.45) is 1.71. The van der Waals surface area contributed by atoms with Crippen LogP contribution in [0.15, 0.2) is 18.2 Å². The molecule has 2 saturated heterocycles. The van der Waals surface area contributed by atoms with E-state index in [-0.39, 0.29) is 11.9 Å². The number of hydrogen-bond donors (Lipinski definition) is 0. The third-order valence-electron chi connectivity index (χ3n) is 4.81. The molecule has 2 heterocycles. The van der Waals surface area contributed by atoms with Gasteiger partial charge in [0.2, 0.25) is 0 Å². The van der Waals surface area contributed by atoms with Gasteiger partial charge in [-0.05, 0) is 31.0 Å². The summed E-state index contributed by atoms with van der Waals surface area (Å²) >= 11 is 12.3. The lowest BCUT2D eigenvalue weighted by atomic mass is 10.0. The van der Waals surface area contributed by atoms with Crippen molar-refractivity contribution < 1.29 is 14.3 Å². The molecule has 1 amide bonds. The van der Waals surface area contributed by atoms with Gasteiger partial charge in [0.05, 0.1) is 23.8 Å². The molecule has 0 radical (unpaired) electrons. The van der Waals surface area contributed by atoms with E-state index in [1.165, 1.54) is 0 Å². The Morgan fingerprint density at radius 3 is 2.52 bits per heavy atom. The number of amides is 1. The van der Waals surface area contributed by atoms with Crippen molar-refractivity contribution in [2.75, 3.05) is 52.6 Å². The second-order valence-corrected chi connectivity index (χ2v) is 7.26. The number of carbonyl (C=O) groups excluding carboxylic acids is 1. The largest absolute Gasteiger partial charge is 0.381 e. The molecule has 0 atom stereocenters. The van der Waals surface area contributed by atoms with Crippen LogP contribution in [-0.2, 0) is 9.47 Å². The van der Waals surface area contributed by atoms with E-state index in [1.807, 2.05) is 4.90 Å². The van der Waals surface area contributed by atoms with Crippen molar-refractivity contribution in [1.82, 2.24) is 9.80 Å². The molecule has 2 fully saturated rings. The summed E-state index contributed by atoms with van der Waals surface area (Å²) in [5.74, 6) is -0.0485. The fourth-order valence-corrected chi connectivity index (χ4v) is 3.71. The van der Waals surface area contributed by atoms with E-state index in [2.05, 4.69) is 4.90 Å². The quantitative estimate of drug-likeness (QED) is 0.779. The second kappa shape index (κ2) is 9.19. The standard InChI is InChI=1S/C18H24Cl2N2O3/c19-14-1-2-17(20)16(13-14)18(23)22(15-3-9-24-10-4-15)6-5-21-7-11-25-12-8-21/h1-2,13,15H,3-12H2. The number of rotatable bonds is 5. The highest BCUT2D eigenvalue weighted by atomic mass is 35.5. The molecule has 1 aromatic carbocycles. The zero-order valence-corrected chi connectivity index (χ0v) is 15.8. The summed E-state index contributed by atoms with van der Waals surface area (Å²) in [7, 11) is 0. The number of morpholine rings is 1. The first kappa shape index (κ1) is 18.9. The van der Waals surface area contributed by atoms with Gasteiger partial charge < -0.3 is 14.4 Å². The van der Waals surface area contributed by atoms with Crippen molar-refractivity contribution in [1.29, 1.82) is 0 Å². The minimum absolute atomic E-state index is 0.0485. The first-order valence-electron chi connectivity index (χ1n) is 8.79. The van der Waals surface area contributed by atoms with Crippen LogP contribution in [0.3, 0.4) is 0 Å². The van der Waals surface area contributed by atoms with Crippen molar-refractivity contribution in [3.63, 3.8) is 0 Å². The molecule has 7 heteroatoms. The SMILES string of the molecule is O=C(c1cc(Cl)ccc1Cl)N(CCN1CCOCC1)C1CCOCC1. The van der Waals surface area contributed by atoms with Crippen molar-refractivity contribution in [3.05, 3.63) is 33.8 Å². The van der Waals surface area contributed by atoms with Crippen LogP contribution in [0.25, 0.3) is 0 Å². The van der Waals surface area contributed by atoms with Crippen LogP contribution in [0.4, 0.5) is 0 Å². The Morgan fingerprint density at radius 1 is 1.12 bits per heavy atom. The van der Waals surface area contributed by atoms with E-state index in [0.717, 1.165) is 45.7 Å². The minimum atomic E-state index is -0.0485. The Labute approximate surface area is 158 Å². The molecule has 5 nitrogen and oxygen atoms in total. The summed E-state index contributed by atoms with van der Waals surface area (Å²) in [5, 5.41) is 0.964. The molecule has 2 aliphatic rings. The van der Waals surface area contributed by atoms with E-state index in [9.17, 15) is 4.79 Å².